The van der Waals surface area contributed by atoms with E-state index in [2.05, 4.69) is 29.7 Å². The Kier molecular flexibility index (Phi) is 2.92. The number of benzene rings is 1. The second-order valence-electron chi connectivity index (χ2n) is 4.92. The van der Waals surface area contributed by atoms with Gasteiger partial charge in [-0.25, -0.2) is 0 Å². The van der Waals surface area contributed by atoms with Crippen molar-refractivity contribution >= 4 is 11.8 Å². The van der Waals surface area contributed by atoms with Gasteiger partial charge in [0.05, 0.1) is 0 Å². The lowest BCUT2D eigenvalue weighted by Crippen LogP contribution is -2.42. The van der Waals surface area contributed by atoms with Crippen molar-refractivity contribution < 1.29 is 0 Å². The van der Waals surface area contributed by atoms with Crippen LogP contribution in [0.25, 0.3) is 0 Å². The highest BCUT2D eigenvalue weighted by Gasteiger charge is 2.33. The van der Waals surface area contributed by atoms with Crippen LogP contribution in [-0.2, 0) is 6.42 Å². The second-order valence-corrected chi connectivity index (χ2v) is 6.20. The van der Waals surface area contributed by atoms with Crippen LogP contribution in [0.3, 0.4) is 0 Å². The molecule has 2 nitrogen and oxygen atoms in total. The molecule has 1 saturated carbocycles. The van der Waals surface area contributed by atoms with Gasteiger partial charge in [-0.15, -0.1) is 11.8 Å². The summed E-state index contributed by atoms with van der Waals surface area (Å²) in [5.74, 6) is 6.64. The summed E-state index contributed by atoms with van der Waals surface area (Å²) in [6.45, 7) is 0. The number of rotatable bonds is 4. The van der Waals surface area contributed by atoms with Crippen LogP contribution in [0.15, 0.2) is 29.2 Å². The van der Waals surface area contributed by atoms with Crippen molar-refractivity contribution in [1.82, 2.24) is 5.43 Å². The van der Waals surface area contributed by atoms with Crippen molar-refractivity contribution in [2.45, 2.75) is 41.9 Å². The Labute approximate surface area is 101 Å². The zero-order valence-electron chi connectivity index (χ0n) is 9.36. The smallest absolute Gasteiger partial charge is 0.0338 e. The molecule has 0 saturated heterocycles. The lowest BCUT2D eigenvalue weighted by molar-refractivity contribution is 0.454. The Morgan fingerprint density at radius 3 is 2.88 bits per heavy atom. The van der Waals surface area contributed by atoms with Crippen molar-refractivity contribution in [2.75, 3.05) is 0 Å². The molecule has 1 aliphatic carbocycles. The molecule has 0 radical (unpaired) electrons. The quantitative estimate of drug-likeness (QED) is 0.620. The first-order valence-electron chi connectivity index (χ1n) is 6.07. The van der Waals surface area contributed by atoms with Gasteiger partial charge in [0.25, 0.3) is 0 Å². The number of nitrogens with one attached hydrogen (secondary N) is 1. The Hall–Kier alpha value is -0.510. The van der Waals surface area contributed by atoms with Gasteiger partial charge in [-0.05, 0) is 30.4 Å². The normalized spacial score (nSPS) is 25.4. The fourth-order valence-corrected chi connectivity index (χ4v) is 3.88. The number of fused-ring (bicyclic) bond motifs is 1. The largest absolute Gasteiger partial charge is 0.271 e. The number of thioether (sulfide) groups is 1. The zero-order valence-corrected chi connectivity index (χ0v) is 10.2. The van der Waals surface area contributed by atoms with E-state index in [0.29, 0.717) is 11.3 Å². The maximum Gasteiger partial charge on any atom is 0.0338 e. The summed E-state index contributed by atoms with van der Waals surface area (Å²) in [5.41, 5.74) is 4.52. The number of hydrazine groups is 1. The van der Waals surface area contributed by atoms with Crippen molar-refractivity contribution in [2.24, 2.45) is 11.8 Å². The molecule has 1 aliphatic heterocycles. The first-order valence-corrected chi connectivity index (χ1v) is 6.95. The van der Waals surface area contributed by atoms with Gasteiger partial charge in [-0.2, -0.15) is 0 Å². The van der Waals surface area contributed by atoms with Crippen LogP contribution in [0.1, 0.15) is 24.8 Å². The highest BCUT2D eigenvalue weighted by atomic mass is 32.2. The molecule has 2 unspecified atom stereocenters. The second kappa shape index (κ2) is 4.40. The Morgan fingerprint density at radius 2 is 2.19 bits per heavy atom. The van der Waals surface area contributed by atoms with E-state index < -0.39 is 0 Å². The third-order valence-electron chi connectivity index (χ3n) is 3.62. The molecular weight excluding hydrogens is 216 g/mol. The molecular formula is C13H18N2S. The summed E-state index contributed by atoms with van der Waals surface area (Å²) in [7, 11) is 0. The minimum Gasteiger partial charge on any atom is -0.271 e. The number of nitrogens with two attached hydrogens (primary N) is 1. The van der Waals surface area contributed by atoms with Gasteiger partial charge in [0, 0.05) is 16.2 Å². The molecule has 0 amide bonds. The van der Waals surface area contributed by atoms with Crippen LogP contribution >= 0.6 is 11.8 Å². The minimum absolute atomic E-state index is 0.477. The molecule has 0 bridgehead atoms. The van der Waals surface area contributed by atoms with Crippen LogP contribution in [0.5, 0.6) is 0 Å². The molecule has 3 heteroatoms. The zero-order chi connectivity index (χ0) is 11.0. The third-order valence-corrected chi connectivity index (χ3v) is 5.07. The highest BCUT2D eigenvalue weighted by molar-refractivity contribution is 8.00. The lowest BCUT2D eigenvalue weighted by Gasteiger charge is -2.21. The van der Waals surface area contributed by atoms with Crippen molar-refractivity contribution in [1.29, 1.82) is 0 Å². The summed E-state index contributed by atoms with van der Waals surface area (Å²) in [6, 6.07) is 9.20. The summed E-state index contributed by atoms with van der Waals surface area (Å²) in [5, 5.41) is 0.628. The van der Waals surface area contributed by atoms with Gasteiger partial charge in [0.2, 0.25) is 0 Å². The van der Waals surface area contributed by atoms with Gasteiger partial charge in [0.15, 0.2) is 0 Å². The van der Waals surface area contributed by atoms with Crippen molar-refractivity contribution in [3.05, 3.63) is 29.8 Å². The Bertz CT molecular complexity index is 351. The topological polar surface area (TPSA) is 38.0 Å². The maximum absolute atomic E-state index is 5.70. The predicted octanol–water partition coefficient (Wildman–Crippen LogP) is 2.34. The van der Waals surface area contributed by atoms with Gasteiger partial charge >= 0.3 is 0 Å². The Morgan fingerprint density at radius 1 is 1.38 bits per heavy atom. The van der Waals surface area contributed by atoms with E-state index in [0.717, 1.165) is 5.92 Å². The molecule has 1 aromatic carbocycles. The van der Waals surface area contributed by atoms with Gasteiger partial charge in [-0.1, -0.05) is 31.0 Å². The van der Waals surface area contributed by atoms with E-state index in [1.807, 2.05) is 11.8 Å². The van der Waals surface area contributed by atoms with E-state index in [9.17, 15) is 0 Å². The van der Waals surface area contributed by atoms with E-state index in [-0.39, 0.29) is 0 Å². The van der Waals surface area contributed by atoms with Crippen LogP contribution in [0.4, 0.5) is 0 Å². The molecule has 1 fully saturated rings. The van der Waals surface area contributed by atoms with E-state index in [1.165, 1.54) is 36.1 Å². The molecule has 0 spiro atoms. The monoisotopic (exact) mass is 234 g/mol. The summed E-state index contributed by atoms with van der Waals surface area (Å²) >= 11 is 2.00. The SMILES string of the molecule is NNC(CC1CC1)C1Cc2ccccc2S1. The molecule has 0 aromatic heterocycles. The minimum atomic E-state index is 0.477. The standard InChI is InChI=1S/C13H18N2S/c14-15-11(7-9-5-6-9)13-8-10-3-1-2-4-12(10)16-13/h1-4,9,11,13,15H,5-8,14H2. The fourth-order valence-electron chi connectivity index (χ4n) is 2.47. The molecule has 2 atom stereocenters. The number of hydrogen-bond donors (Lipinski definition) is 2. The van der Waals surface area contributed by atoms with Gasteiger partial charge in [0.1, 0.15) is 0 Å². The molecule has 1 heterocycles. The number of hydrogen-bond acceptors (Lipinski definition) is 3. The van der Waals surface area contributed by atoms with E-state index >= 15 is 0 Å². The summed E-state index contributed by atoms with van der Waals surface area (Å²) < 4.78 is 0. The first-order chi connectivity index (χ1) is 7.86. The average Bonchev–Trinajstić information content (AvgIpc) is 3.02. The van der Waals surface area contributed by atoms with Crippen LogP contribution < -0.4 is 11.3 Å². The van der Waals surface area contributed by atoms with E-state index in [1.54, 1.807) is 0 Å². The maximum atomic E-state index is 5.70. The Balaban J connectivity index is 1.68. The molecule has 16 heavy (non-hydrogen) atoms. The van der Waals surface area contributed by atoms with Crippen LogP contribution in [-0.4, -0.2) is 11.3 Å². The summed E-state index contributed by atoms with van der Waals surface area (Å²) in [4.78, 5) is 1.45. The van der Waals surface area contributed by atoms with Crippen LogP contribution in [0, 0.1) is 5.92 Å². The van der Waals surface area contributed by atoms with E-state index in [4.69, 9.17) is 5.84 Å². The predicted molar refractivity (Wildman–Crippen MR) is 68.2 cm³/mol. The van der Waals surface area contributed by atoms with Crippen molar-refractivity contribution in [3.8, 4) is 0 Å². The van der Waals surface area contributed by atoms with Gasteiger partial charge in [-0.3, -0.25) is 11.3 Å². The molecule has 1 aromatic rings. The fraction of sp³-hybridized carbons (Fsp3) is 0.538. The molecule has 86 valence electrons. The first kappa shape index (κ1) is 10.6. The molecule has 3 rings (SSSR count). The molecule has 3 N–H and O–H groups in total. The average molecular weight is 234 g/mol. The summed E-state index contributed by atoms with van der Waals surface area (Å²) in [6.07, 6.45) is 5.23. The van der Waals surface area contributed by atoms with Gasteiger partial charge < -0.3 is 0 Å². The van der Waals surface area contributed by atoms with Crippen molar-refractivity contribution in [3.63, 3.8) is 0 Å². The highest BCUT2D eigenvalue weighted by Crippen LogP contribution is 2.42. The third kappa shape index (κ3) is 2.12. The lowest BCUT2D eigenvalue weighted by atomic mass is 10.0. The molecule has 2 aliphatic rings. The van der Waals surface area contributed by atoms with Crippen LogP contribution in [0.2, 0.25) is 0 Å².